The zero-order valence-electron chi connectivity index (χ0n) is 10.7. The average molecular weight is 226 g/mol. The third-order valence-corrected chi connectivity index (χ3v) is 3.50. The van der Waals surface area contributed by atoms with Crippen LogP contribution in [0.2, 0.25) is 0 Å². The number of hydrogen-bond donors (Lipinski definition) is 2. The number of amides is 1. The van der Waals surface area contributed by atoms with Crippen LogP contribution in [0.3, 0.4) is 0 Å². The summed E-state index contributed by atoms with van der Waals surface area (Å²) in [5.74, 6) is 0.980. The summed E-state index contributed by atoms with van der Waals surface area (Å²) in [5, 5.41) is 3.06. The van der Waals surface area contributed by atoms with E-state index in [2.05, 4.69) is 5.32 Å². The van der Waals surface area contributed by atoms with Gasteiger partial charge in [0.25, 0.3) is 0 Å². The minimum absolute atomic E-state index is 0.151. The molecule has 3 heteroatoms. The summed E-state index contributed by atoms with van der Waals surface area (Å²) in [6, 6.07) is 0. The predicted molar refractivity (Wildman–Crippen MR) is 67.1 cm³/mol. The van der Waals surface area contributed by atoms with E-state index in [1.54, 1.807) is 0 Å². The molecule has 1 aliphatic carbocycles. The van der Waals surface area contributed by atoms with Crippen LogP contribution >= 0.6 is 0 Å². The first-order chi connectivity index (χ1) is 7.53. The second kappa shape index (κ2) is 6.24. The van der Waals surface area contributed by atoms with E-state index in [9.17, 15) is 4.79 Å². The highest BCUT2D eigenvalue weighted by atomic mass is 16.1. The highest BCUT2D eigenvalue weighted by Gasteiger charge is 2.21. The Hall–Kier alpha value is -0.570. The maximum Gasteiger partial charge on any atom is 0.220 e. The summed E-state index contributed by atoms with van der Waals surface area (Å²) < 4.78 is 0. The lowest BCUT2D eigenvalue weighted by Crippen LogP contribution is -2.44. The summed E-state index contributed by atoms with van der Waals surface area (Å²) in [6.45, 7) is 4.69. The number of nitrogens with two attached hydrogens (primary N) is 1. The highest BCUT2D eigenvalue weighted by Crippen LogP contribution is 2.28. The maximum absolute atomic E-state index is 11.7. The predicted octanol–water partition coefficient (Wildman–Crippen LogP) is 2.20. The van der Waals surface area contributed by atoms with Gasteiger partial charge >= 0.3 is 0 Å². The van der Waals surface area contributed by atoms with Crippen molar-refractivity contribution in [3.05, 3.63) is 0 Å². The van der Waals surface area contributed by atoms with Gasteiger partial charge in [0.05, 0.1) is 0 Å². The molecule has 1 aliphatic rings. The van der Waals surface area contributed by atoms with Crippen LogP contribution in [0.4, 0.5) is 0 Å². The van der Waals surface area contributed by atoms with E-state index in [1.165, 1.54) is 25.7 Å². The molecule has 1 fully saturated rings. The van der Waals surface area contributed by atoms with Gasteiger partial charge in [-0.15, -0.1) is 0 Å². The number of rotatable bonds is 6. The molecule has 0 atom stereocenters. The van der Waals surface area contributed by atoms with Crippen molar-refractivity contribution in [2.24, 2.45) is 11.7 Å². The first-order valence-electron chi connectivity index (χ1n) is 6.54. The van der Waals surface area contributed by atoms with Crippen molar-refractivity contribution in [3.8, 4) is 0 Å². The molecule has 0 unspecified atom stereocenters. The summed E-state index contributed by atoms with van der Waals surface area (Å²) in [6.07, 6.45) is 7.92. The van der Waals surface area contributed by atoms with Crippen LogP contribution < -0.4 is 11.1 Å². The molecule has 3 nitrogen and oxygen atoms in total. The second-order valence-electron chi connectivity index (χ2n) is 5.66. The lowest BCUT2D eigenvalue weighted by molar-refractivity contribution is -0.123. The van der Waals surface area contributed by atoms with Gasteiger partial charge in [-0.2, -0.15) is 0 Å². The average Bonchev–Trinajstić information content (AvgIpc) is 2.66. The van der Waals surface area contributed by atoms with Crippen molar-refractivity contribution in [2.75, 3.05) is 6.54 Å². The molecule has 0 aromatic carbocycles. The molecule has 16 heavy (non-hydrogen) atoms. The molecular weight excluding hydrogens is 200 g/mol. The van der Waals surface area contributed by atoms with Gasteiger partial charge in [-0.1, -0.05) is 25.7 Å². The van der Waals surface area contributed by atoms with Gasteiger partial charge < -0.3 is 11.1 Å². The van der Waals surface area contributed by atoms with Gasteiger partial charge in [0, 0.05) is 12.0 Å². The molecule has 94 valence electrons. The van der Waals surface area contributed by atoms with Crippen LogP contribution in [0, 0.1) is 5.92 Å². The fraction of sp³-hybridized carbons (Fsp3) is 0.923. The molecule has 0 bridgehead atoms. The third kappa shape index (κ3) is 4.97. The highest BCUT2D eigenvalue weighted by molar-refractivity contribution is 5.76. The molecule has 0 aromatic heterocycles. The molecular formula is C13H26N2O. The molecule has 1 saturated carbocycles. The van der Waals surface area contributed by atoms with Crippen LogP contribution in [-0.2, 0) is 4.79 Å². The van der Waals surface area contributed by atoms with E-state index in [1.807, 2.05) is 13.8 Å². The topological polar surface area (TPSA) is 55.1 Å². The fourth-order valence-corrected chi connectivity index (χ4v) is 2.50. The van der Waals surface area contributed by atoms with Gasteiger partial charge in [0.1, 0.15) is 0 Å². The Bertz CT molecular complexity index is 220. The molecule has 1 amide bonds. The standard InChI is InChI=1S/C13H26N2O/c1-13(2,9-10-14)15-12(16)8-7-11-5-3-4-6-11/h11H,3-10,14H2,1-2H3,(H,15,16). The summed E-state index contributed by atoms with van der Waals surface area (Å²) in [5.41, 5.74) is 5.36. The number of carbonyl (C=O) groups excluding carboxylic acids is 1. The summed E-state index contributed by atoms with van der Waals surface area (Å²) in [4.78, 5) is 11.7. The lowest BCUT2D eigenvalue weighted by Gasteiger charge is -2.25. The minimum Gasteiger partial charge on any atom is -0.351 e. The van der Waals surface area contributed by atoms with Gasteiger partial charge in [0.15, 0.2) is 0 Å². The van der Waals surface area contributed by atoms with Crippen LogP contribution in [0.25, 0.3) is 0 Å². The monoisotopic (exact) mass is 226 g/mol. The minimum atomic E-state index is -0.151. The normalized spacial score (nSPS) is 17.7. The van der Waals surface area contributed by atoms with Crippen LogP contribution in [0.1, 0.15) is 58.8 Å². The Morgan fingerprint density at radius 3 is 2.56 bits per heavy atom. The molecule has 0 heterocycles. The molecule has 0 spiro atoms. The first-order valence-corrected chi connectivity index (χ1v) is 6.54. The van der Waals surface area contributed by atoms with E-state index < -0.39 is 0 Å². The number of nitrogens with one attached hydrogen (secondary N) is 1. The van der Waals surface area contributed by atoms with Crippen molar-refractivity contribution in [1.82, 2.24) is 5.32 Å². The Morgan fingerprint density at radius 2 is 2.00 bits per heavy atom. The van der Waals surface area contributed by atoms with Crippen LogP contribution in [-0.4, -0.2) is 18.0 Å². The second-order valence-corrected chi connectivity index (χ2v) is 5.66. The molecule has 0 aliphatic heterocycles. The molecule has 1 rings (SSSR count). The number of hydrogen-bond acceptors (Lipinski definition) is 2. The zero-order chi connectivity index (χ0) is 12.0. The van der Waals surface area contributed by atoms with Crippen LogP contribution in [0.5, 0.6) is 0 Å². The SMILES string of the molecule is CC(C)(CCN)NC(=O)CCC1CCCC1. The van der Waals surface area contributed by atoms with Crippen molar-refractivity contribution in [2.45, 2.75) is 64.3 Å². The fourth-order valence-electron chi connectivity index (χ4n) is 2.50. The van der Waals surface area contributed by atoms with E-state index in [0.29, 0.717) is 13.0 Å². The van der Waals surface area contributed by atoms with Gasteiger partial charge in [0.2, 0.25) is 5.91 Å². The quantitative estimate of drug-likeness (QED) is 0.729. The van der Waals surface area contributed by atoms with Crippen molar-refractivity contribution >= 4 is 5.91 Å². The Balaban J connectivity index is 2.19. The van der Waals surface area contributed by atoms with E-state index in [-0.39, 0.29) is 11.4 Å². The lowest BCUT2D eigenvalue weighted by atomic mass is 9.98. The van der Waals surface area contributed by atoms with Gasteiger partial charge in [-0.25, -0.2) is 0 Å². The van der Waals surface area contributed by atoms with Crippen molar-refractivity contribution < 1.29 is 4.79 Å². The van der Waals surface area contributed by atoms with Gasteiger partial charge in [-0.05, 0) is 39.2 Å². The zero-order valence-corrected chi connectivity index (χ0v) is 10.7. The Morgan fingerprint density at radius 1 is 1.38 bits per heavy atom. The van der Waals surface area contributed by atoms with Gasteiger partial charge in [-0.3, -0.25) is 4.79 Å². The Labute approximate surface area is 99.2 Å². The van der Waals surface area contributed by atoms with Crippen molar-refractivity contribution in [3.63, 3.8) is 0 Å². The van der Waals surface area contributed by atoms with E-state index >= 15 is 0 Å². The van der Waals surface area contributed by atoms with E-state index in [0.717, 1.165) is 18.8 Å². The molecule has 0 saturated heterocycles. The summed E-state index contributed by atoms with van der Waals surface area (Å²) >= 11 is 0. The van der Waals surface area contributed by atoms with E-state index in [4.69, 9.17) is 5.73 Å². The molecule has 3 N–H and O–H groups in total. The van der Waals surface area contributed by atoms with Crippen molar-refractivity contribution in [1.29, 1.82) is 0 Å². The largest absolute Gasteiger partial charge is 0.351 e. The molecule has 0 aromatic rings. The third-order valence-electron chi connectivity index (χ3n) is 3.50. The van der Waals surface area contributed by atoms with Crippen LogP contribution in [0.15, 0.2) is 0 Å². The molecule has 0 radical (unpaired) electrons. The smallest absolute Gasteiger partial charge is 0.220 e. The number of carbonyl (C=O) groups is 1. The first kappa shape index (κ1) is 13.5. The summed E-state index contributed by atoms with van der Waals surface area (Å²) in [7, 11) is 0. The maximum atomic E-state index is 11.7. The Kier molecular flexibility index (Phi) is 5.26.